The molecule has 0 saturated carbocycles. The number of carbonyl (C=O) groups excluding carboxylic acids is 2. The highest BCUT2D eigenvalue weighted by Gasteiger charge is 2.16. The molecule has 0 unspecified atom stereocenters. The Morgan fingerprint density at radius 1 is 0.975 bits per heavy atom. The van der Waals surface area contributed by atoms with Crippen molar-refractivity contribution in [1.82, 2.24) is 19.4 Å². The number of halogens is 2. The van der Waals surface area contributed by atoms with Gasteiger partial charge in [-0.15, -0.1) is 0 Å². The van der Waals surface area contributed by atoms with E-state index in [-0.39, 0.29) is 30.2 Å². The number of hydrogen-bond donors (Lipinski definition) is 1. The van der Waals surface area contributed by atoms with Crippen LogP contribution in [0.25, 0.3) is 22.2 Å². The minimum Gasteiger partial charge on any atom is -0.346 e. The molecule has 1 amide bonds. The van der Waals surface area contributed by atoms with Crippen molar-refractivity contribution in [2.45, 2.75) is 19.4 Å². The van der Waals surface area contributed by atoms with Gasteiger partial charge in [-0.2, -0.15) is 0 Å². The average molecular weight is 541 g/mol. The van der Waals surface area contributed by atoms with Gasteiger partial charge < -0.3 is 14.5 Å². The summed E-state index contributed by atoms with van der Waals surface area (Å²) in [5.74, 6) is -2.40. The normalized spacial score (nSPS) is 11.1. The molecule has 5 rings (SSSR count). The van der Waals surface area contributed by atoms with Crippen LogP contribution in [0.1, 0.15) is 38.3 Å². The third kappa shape index (κ3) is 5.44. The second kappa shape index (κ2) is 11.1. The first-order chi connectivity index (χ1) is 19.2. The van der Waals surface area contributed by atoms with Crippen LogP contribution in [-0.2, 0) is 13.0 Å². The number of fused-ring (bicyclic) bond motifs is 1. The van der Waals surface area contributed by atoms with Crippen molar-refractivity contribution in [2.75, 3.05) is 14.1 Å². The summed E-state index contributed by atoms with van der Waals surface area (Å²) in [6.07, 6.45) is 5.42. The van der Waals surface area contributed by atoms with Crippen LogP contribution < -0.4 is 5.56 Å². The Labute approximate surface area is 228 Å². The number of aromatic amines is 1. The lowest BCUT2D eigenvalue weighted by Crippen LogP contribution is -2.26. The number of carbonyl (C=O) groups is 2. The highest BCUT2D eigenvalue weighted by atomic mass is 19.2. The first-order valence-electron chi connectivity index (χ1n) is 12.7. The van der Waals surface area contributed by atoms with E-state index < -0.39 is 17.2 Å². The molecular weight excluding hydrogens is 514 g/mol. The highest BCUT2D eigenvalue weighted by molar-refractivity contribution is 6.01. The number of Topliss-reactive ketones (excluding diaryl/α,β-unsaturated/α-hetero) is 1. The van der Waals surface area contributed by atoms with Crippen molar-refractivity contribution in [2.24, 2.45) is 0 Å². The van der Waals surface area contributed by atoms with Gasteiger partial charge in [0, 0.05) is 50.1 Å². The number of nitrogens with one attached hydrogen (secondary N) is 1. The fraction of sp³-hybridized carbons (Fsp3) is 0.161. The van der Waals surface area contributed by atoms with Crippen molar-refractivity contribution >= 4 is 22.7 Å². The highest BCUT2D eigenvalue weighted by Crippen LogP contribution is 2.29. The Balaban J connectivity index is 1.33. The monoisotopic (exact) mass is 540 g/mol. The number of H-pyrrole nitrogens is 1. The summed E-state index contributed by atoms with van der Waals surface area (Å²) < 4.78 is 28.1. The van der Waals surface area contributed by atoms with E-state index >= 15 is 0 Å². The number of hydrogen-bond acceptors (Lipinski definition) is 4. The van der Waals surface area contributed by atoms with Gasteiger partial charge in [0.25, 0.3) is 11.5 Å². The fourth-order valence-corrected chi connectivity index (χ4v) is 4.61. The van der Waals surface area contributed by atoms with Crippen LogP contribution in [0.2, 0.25) is 0 Å². The van der Waals surface area contributed by atoms with E-state index in [9.17, 15) is 23.2 Å². The maximum Gasteiger partial charge on any atom is 0.261 e. The number of pyridine rings is 2. The zero-order chi connectivity index (χ0) is 28.4. The summed E-state index contributed by atoms with van der Waals surface area (Å²) in [4.78, 5) is 47.4. The van der Waals surface area contributed by atoms with Gasteiger partial charge in [-0.25, -0.2) is 13.8 Å². The number of ketones is 1. The number of aryl methyl sites for hydroxylation is 1. The topological polar surface area (TPSA) is 88.1 Å². The fourth-order valence-electron chi connectivity index (χ4n) is 4.61. The van der Waals surface area contributed by atoms with E-state index in [2.05, 4.69) is 9.97 Å². The number of amides is 1. The summed E-state index contributed by atoms with van der Waals surface area (Å²) in [6.45, 7) is 0.0144. The zero-order valence-electron chi connectivity index (χ0n) is 21.9. The van der Waals surface area contributed by atoms with Crippen LogP contribution in [0, 0.1) is 11.6 Å². The van der Waals surface area contributed by atoms with E-state index in [1.807, 2.05) is 36.5 Å². The van der Waals surface area contributed by atoms with Crippen LogP contribution >= 0.6 is 0 Å². The van der Waals surface area contributed by atoms with Crippen molar-refractivity contribution in [3.8, 4) is 11.1 Å². The largest absolute Gasteiger partial charge is 0.346 e. The maximum atomic E-state index is 13.6. The Bertz CT molecular complexity index is 1810. The predicted octanol–water partition coefficient (Wildman–Crippen LogP) is 5.24. The van der Waals surface area contributed by atoms with Crippen molar-refractivity contribution in [3.05, 3.63) is 123 Å². The lowest BCUT2D eigenvalue weighted by atomic mass is 9.98. The van der Waals surface area contributed by atoms with Crippen molar-refractivity contribution in [1.29, 1.82) is 0 Å². The molecule has 1 N–H and O–H groups in total. The van der Waals surface area contributed by atoms with Crippen LogP contribution in [0.4, 0.5) is 8.78 Å². The van der Waals surface area contributed by atoms with Crippen LogP contribution in [0.15, 0.2) is 84.0 Å². The molecule has 7 nitrogen and oxygen atoms in total. The Kier molecular flexibility index (Phi) is 7.37. The minimum absolute atomic E-state index is 0.0144. The van der Waals surface area contributed by atoms with Gasteiger partial charge in [-0.3, -0.25) is 14.4 Å². The van der Waals surface area contributed by atoms with Gasteiger partial charge in [0.15, 0.2) is 17.4 Å². The first kappa shape index (κ1) is 26.7. The molecule has 0 spiro atoms. The number of aromatic nitrogens is 3. The lowest BCUT2D eigenvalue weighted by molar-refractivity contribution is 0.0827. The third-order valence-corrected chi connectivity index (χ3v) is 6.72. The molecule has 2 aromatic carbocycles. The molecule has 0 aliphatic rings. The minimum atomic E-state index is -0.994. The number of benzene rings is 2. The Hall–Kier alpha value is -4.92. The van der Waals surface area contributed by atoms with Gasteiger partial charge in [-0.1, -0.05) is 30.3 Å². The van der Waals surface area contributed by atoms with Gasteiger partial charge in [0.05, 0.1) is 17.7 Å². The smallest absolute Gasteiger partial charge is 0.261 e. The molecule has 40 heavy (non-hydrogen) atoms. The van der Waals surface area contributed by atoms with Gasteiger partial charge in [0.2, 0.25) is 0 Å². The van der Waals surface area contributed by atoms with Crippen LogP contribution in [-0.4, -0.2) is 45.2 Å². The molecule has 5 aromatic rings. The second-order valence-electron chi connectivity index (χ2n) is 9.75. The van der Waals surface area contributed by atoms with E-state index in [0.717, 1.165) is 34.2 Å². The maximum absolute atomic E-state index is 13.6. The molecule has 202 valence electrons. The molecule has 0 saturated heterocycles. The molecule has 9 heteroatoms. The summed E-state index contributed by atoms with van der Waals surface area (Å²) in [5, 5.41) is 0.812. The molecule has 0 atom stereocenters. The Morgan fingerprint density at radius 3 is 2.58 bits per heavy atom. The third-order valence-electron chi connectivity index (χ3n) is 6.72. The molecule has 0 aliphatic carbocycles. The number of nitrogens with zero attached hydrogens (tertiary/aromatic N) is 3. The quantitative estimate of drug-likeness (QED) is 0.273. The summed E-state index contributed by atoms with van der Waals surface area (Å²) in [7, 11) is 3.37. The SMILES string of the molecule is CN(C)C(=O)c1cnc2[nH]cc(-c3cccc(CCC(=O)c4cccn(Cc5ccc(F)c(F)c5)c4=O)c3)c2c1. The van der Waals surface area contributed by atoms with E-state index in [1.165, 1.54) is 27.8 Å². The lowest BCUT2D eigenvalue weighted by Gasteiger charge is -2.10. The molecule has 3 aromatic heterocycles. The van der Waals surface area contributed by atoms with E-state index in [4.69, 9.17) is 0 Å². The van der Waals surface area contributed by atoms with E-state index in [1.54, 1.807) is 26.4 Å². The van der Waals surface area contributed by atoms with Gasteiger partial charge in [-0.05, 0) is 53.4 Å². The molecule has 0 bridgehead atoms. The molecule has 0 fully saturated rings. The van der Waals surface area contributed by atoms with Crippen molar-refractivity contribution in [3.63, 3.8) is 0 Å². The Morgan fingerprint density at radius 2 is 1.80 bits per heavy atom. The molecule has 3 heterocycles. The molecule has 0 aliphatic heterocycles. The van der Waals surface area contributed by atoms with Crippen LogP contribution in [0.3, 0.4) is 0 Å². The zero-order valence-corrected chi connectivity index (χ0v) is 21.9. The first-order valence-corrected chi connectivity index (χ1v) is 12.7. The molecular formula is C31H26F2N4O3. The molecule has 0 radical (unpaired) electrons. The number of rotatable bonds is 8. The summed E-state index contributed by atoms with van der Waals surface area (Å²) >= 11 is 0. The van der Waals surface area contributed by atoms with Crippen LogP contribution in [0.5, 0.6) is 0 Å². The summed E-state index contributed by atoms with van der Waals surface area (Å²) in [5.41, 5.74) is 3.81. The van der Waals surface area contributed by atoms with E-state index in [0.29, 0.717) is 23.2 Å². The second-order valence-corrected chi connectivity index (χ2v) is 9.75. The van der Waals surface area contributed by atoms with Gasteiger partial charge >= 0.3 is 0 Å². The van der Waals surface area contributed by atoms with Crippen molar-refractivity contribution < 1.29 is 18.4 Å². The summed E-state index contributed by atoms with van der Waals surface area (Å²) in [6, 6.07) is 16.1. The van der Waals surface area contributed by atoms with Gasteiger partial charge in [0.1, 0.15) is 5.65 Å². The predicted molar refractivity (Wildman–Crippen MR) is 148 cm³/mol. The standard InChI is InChI=1S/C31H26F2N4O3/c1-36(2)30(39)22-15-24-25(17-35-29(24)34-16-22)21-6-3-5-19(13-21)9-11-28(38)23-7-4-12-37(31(23)40)18-20-8-10-26(32)27(33)14-20/h3-8,10,12-17H,9,11,18H2,1-2H3,(H,34,35). The average Bonchev–Trinajstić information content (AvgIpc) is 3.38.